The minimum atomic E-state index is -0.466. The molecule has 1 aliphatic heterocycles. The van der Waals surface area contributed by atoms with Crippen molar-refractivity contribution in [1.82, 2.24) is 0 Å². The van der Waals surface area contributed by atoms with Crippen molar-refractivity contribution in [1.29, 1.82) is 5.26 Å². The van der Waals surface area contributed by atoms with Crippen LogP contribution >= 0.6 is 0 Å². The molecule has 2 nitrogen and oxygen atoms in total. The van der Waals surface area contributed by atoms with E-state index >= 15 is 4.39 Å². The van der Waals surface area contributed by atoms with Gasteiger partial charge in [0.15, 0.2) is 0 Å². The Labute approximate surface area is 267 Å². The van der Waals surface area contributed by atoms with E-state index in [1.165, 1.54) is 23.1 Å². The average molecular weight is 593 g/mol. The zero-order chi connectivity index (χ0) is 31.4. The molecule has 0 spiro atoms. The van der Waals surface area contributed by atoms with Gasteiger partial charge < -0.3 is 0 Å². The summed E-state index contributed by atoms with van der Waals surface area (Å²) in [5.74, 6) is -0.198. The Morgan fingerprint density at radius 2 is 1.44 bits per heavy atom. The lowest BCUT2D eigenvalue weighted by Crippen LogP contribution is -2.40. The van der Waals surface area contributed by atoms with Gasteiger partial charge in [0.05, 0.1) is 11.5 Å². The third-order valence-corrected chi connectivity index (χ3v) is 10.1. The zero-order valence-corrected chi connectivity index (χ0v) is 26.5. The molecule has 0 amide bonds. The van der Waals surface area contributed by atoms with E-state index in [0.29, 0.717) is 11.5 Å². The molecule has 0 radical (unpaired) electrons. The lowest BCUT2D eigenvalue weighted by molar-refractivity contribution is 0.393. The minimum Gasteiger partial charge on any atom is -0.265 e. The Balaban J connectivity index is 1.54. The first kappa shape index (κ1) is 30.5. The largest absolute Gasteiger partial charge is 0.265 e. The van der Waals surface area contributed by atoms with Gasteiger partial charge in [-0.15, -0.1) is 0 Å². The van der Waals surface area contributed by atoms with Gasteiger partial charge in [0, 0.05) is 28.8 Å². The van der Waals surface area contributed by atoms with Crippen LogP contribution in [0.1, 0.15) is 83.9 Å². The molecule has 4 aromatic carbocycles. The fourth-order valence-electron chi connectivity index (χ4n) is 7.70. The summed E-state index contributed by atoms with van der Waals surface area (Å²) in [6, 6.07) is 35.3. The lowest BCUT2D eigenvalue weighted by atomic mass is 9.58. The van der Waals surface area contributed by atoms with E-state index in [4.69, 9.17) is 4.99 Å². The number of aryl methyl sites for hydroxylation is 1. The number of aliphatic imine (C=N–C) groups is 1. The molecule has 0 saturated heterocycles. The van der Waals surface area contributed by atoms with Gasteiger partial charge in [-0.3, -0.25) is 4.99 Å². The van der Waals surface area contributed by atoms with E-state index in [9.17, 15) is 5.26 Å². The average Bonchev–Trinajstić information content (AvgIpc) is 3.32. The lowest BCUT2D eigenvalue weighted by Gasteiger charge is -2.44. The van der Waals surface area contributed by atoms with Crippen molar-refractivity contribution in [3.63, 3.8) is 0 Å². The molecule has 4 aromatic rings. The molecule has 0 saturated carbocycles. The molecule has 1 aliphatic carbocycles. The first-order chi connectivity index (χ1) is 21.9. The van der Waals surface area contributed by atoms with Gasteiger partial charge in [-0.25, -0.2) is 4.39 Å². The molecule has 0 aromatic heterocycles. The summed E-state index contributed by atoms with van der Waals surface area (Å²) in [7, 11) is 0. The van der Waals surface area contributed by atoms with Crippen LogP contribution in [0.4, 0.5) is 4.39 Å². The van der Waals surface area contributed by atoms with Gasteiger partial charge in [0.25, 0.3) is 0 Å². The molecule has 45 heavy (non-hydrogen) atoms. The molecular formula is C42H41FN2. The second-order valence-corrected chi connectivity index (χ2v) is 12.8. The third-order valence-electron chi connectivity index (χ3n) is 10.1. The summed E-state index contributed by atoms with van der Waals surface area (Å²) in [6.45, 7) is 6.55. The predicted molar refractivity (Wildman–Crippen MR) is 183 cm³/mol. The minimum absolute atomic E-state index is 0.0596. The fourth-order valence-corrected chi connectivity index (χ4v) is 7.70. The van der Waals surface area contributed by atoms with Gasteiger partial charge >= 0.3 is 0 Å². The zero-order valence-electron chi connectivity index (χ0n) is 26.5. The molecule has 0 bridgehead atoms. The number of nitrogens with zero attached hydrogens (tertiary/aromatic N) is 2. The maximum atomic E-state index is 16.0. The number of hydrogen-bond acceptors (Lipinski definition) is 2. The second kappa shape index (κ2) is 13.2. The first-order valence-corrected chi connectivity index (χ1v) is 16.2. The number of halogens is 1. The van der Waals surface area contributed by atoms with Crippen LogP contribution in [0, 0.1) is 42.8 Å². The molecule has 226 valence electrons. The van der Waals surface area contributed by atoms with Crippen molar-refractivity contribution in [2.75, 3.05) is 0 Å². The number of benzene rings is 4. The van der Waals surface area contributed by atoms with Crippen molar-refractivity contribution in [2.24, 2.45) is 16.8 Å². The number of nitriles is 1. The van der Waals surface area contributed by atoms with Crippen LogP contribution in [-0.2, 0) is 5.41 Å². The van der Waals surface area contributed by atoms with Crippen LogP contribution in [0.5, 0.6) is 0 Å². The molecular weight excluding hydrogens is 551 g/mol. The molecule has 2 aliphatic rings. The van der Waals surface area contributed by atoms with Crippen LogP contribution in [-0.4, -0.2) is 6.21 Å². The highest BCUT2D eigenvalue weighted by Gasteiger charge is 2.45. The molecule has 1 heterocycles. The van der Waals surface area contributed by atoms with Gasteiger partial charge in [-0.2, -0.15) is 5.26 Å². The van der Waals surface area contributed by atoms with E-state index < -0.39 is 11.7 Å². The third kappa shape index (κ3) is 5.71. The molecule has 3 heteroatoms. The van der Waals surface area contributed by atoms with Crippen LogP contribution in [0.15, 0.2) is 125 Å². The van der Waals surface area contributed by atoms with E-state index in [-0.39, 0.29) is 16.9 Å². The van der Waals surface area contributed by atoms with E-state index in [2.05, 4.69) is 112 Å². The Bertz CT molecular complexity index is 1750. The predicted octanol–water partition coefficient (Wildman–Crippen LogP) is 10.5. The normalized spacial score (nSPS) is 19.2. The van der Waals surface area contributed by atoms with E-state index in [1.54, 1.807) is 12.1 Å². The van der Waals surface area contributed by atoms with E-state index in [0.717, 1.165) is 48.1 Å². The molecule has 3 atom stereocenters. The number of rotatable bonds is 7. The maximum Gasteiger partial charge on any atom is 0.145 e. The Morgan fingerprint density at radius 3 is 2.11 bits per heavy atom. The fraction of sp³-hybridized carbons (Fsp3) is 0.286. The number of hydrogen-bond donors (Lipinski definition) is 0. The standard InChI is InChI=1S/C42H41FN2/c1-29-14-10-21-35(26-29)42(33-17-6-4-7-18-33,34-19-8-5-9-20-34)36-22-13-25-39(45-28-36)40(37-23-11-15-30(2)31(37)3)38-24-12-16-32(27-44)41(38)43/h4-9,11-12,15-21,23-25,28-29,36,40H,10,13-14,22,26H2,1-3H3. The summed E-state index contributed by atoms with van der Waals surface area (Å²) in [5, 5.41) is 9.69. The molecule has 0 fully saturated rings. The van der Waals surface area contributed by atoms with Crippen molar-refractivity contribution in [2.45, 2.75) is 64.2 Å². The summed E-state index contributed by atoms with van der Waals surface area (Å²) < 4.78 is 16.0. The molecule has 3 unspecified atom stereocenters. The summed E-state index contributed by atoms with van der Waals surface area (Å²) in [5.41, 5.74) is 8.35. The monoisotopic (exact) mass is 592 g/mol. The van der Waals surface area contributed by atoms with Gasteiger partial charge in [-0.1, -0.05) is 116 Å². The summed E-state index contributed by atoms with van der Waals surface area (Å²) in [4.78, 5) is 5.32. The Hall–Kier alpha value is -4.55. The highest BCUT2D eigenvalue weighted by atomic mass is 19.1. The highest BCUT2D eigenvalue weighted by Crippen LogP contribution is 2.51. The quantitative estimate of drug-likeness (QED) is 0.197. The second-order valence-electron chi connectivity index (χ2n) is 12.8. The highest BCUT2D eigenvalue weighted by molar-refractivity contribution is 5.71. The van der Waals surface area contributed by atoms with Crippen molar-refractivity contribution in [3.05, 3.63) is 165 Å². The van der Waals surface area contributed by atoms with E-state index in [1.807, 2.05) is 18.2 Å². The van der Waals surface area contributed by atoms with Crippen molar-refractivity contribution in [3.8, 4) is 6.07 Å². The maximum absolute atomic E-state index is 16.0. The van der Waals surface area contributed by atoms with Crippen molar-refractivity contribution < 1.29 is 4.39 Å². The van der Waals surface area contributed by atoms with Gasteiger partial charge in [0.2, 0.25) is 0 Å². The molecule has 0 N–H and O–H groups in total. The van der Waals surface area contributed by atoms with Crippen LogP contribution in [0.3, 0.4) is 0 Å². The van der Waals surface area contributed by atoms with Crippen LogP contribution < -0.4 is 0 Å². The summed E-state index contributed by atoms with van der Waals surface area (Å²) in [6.07, 6.45) is 11.9. The van der Waals surface area contributed by atoms with Gasteiger partial charge in [0.1, 0.15) is 11.9 Å². The number of allylic oxidation sites excluding steroid dienone is 4. The summed E-state index contributed by atoms with van der Waals surface area (Å²) >= 11 is 0. The topological polar surface area (TPSA) is 36.1 Å². The Kier molecular flexibility index (Phi) is 8.95. The van der Waals surface area contributed by atoms with Crippen LogP contribution in [0.25, 0.3) is 0 Å². The Morgan fingerprint density at radius 1 is 0.800 bits per heavy atom. The smallest absolute Gasteiger partial charge is 0.145 e. The molecule has 6 rings (SSSR count). The SMILES string of the molecule is Cc1cccc(C(C2=CCCC(C(C3=CCCC(C)C3)(c3ccccc3)c3ccccc3)C=N2)c2cccc(C#N)c2F)c1C. The van der Waals surface area contributed by atoms with Crippen molar-refractivity contribution >= 4 is 6.21 Å². The van der Waals surface area contributed by atoms with Crippen LogP contribution in [0.2, 0.25) is 0 Å². The first-order valence-electron chi connectivity index (χ1n) is 16.2. The van der Waals surface area contributed by atoms with Gasteiger partial charge in [-0.05, 0) is 85.8 Å².